The third-order valence-corrected chi connectivity index (χ3v) is 5.77. The lowest BCUT2D eigenvalue weighted by Gasteiger charge is -2.21. The maximum absolute atomic E-state index is 5.63. The molecule has 0 saturated carbocycles. The van der Waals surface area contributed by atoms with E-state index in [2.05, 4.69) is 35.4 Å². The summed E-state index contributed by atoms with van der Waals surface area (Å²) in [6.45, 7) is 10.6. The van der Waals surface area contributed by atoms with Crippen molar-refractivity contribution in [1.82, 2.24) is 25.1 Å². The molecule has 1 N–H and O–H groups in total. The van der Waals surface area contributed by atoms with Crippen molar-refractivity contribution >= 4 is 16.9 Å². The summed E-state index contributed by atoms with van der Waals surface area (Å²) in [4.78, 5) is 12.0. The van der Waals surface area contributed by atoms with Gasteiger partial charge in [-0.25, -0.2) is 9.97 Å². The Kier molecular flexibility index (Phi) is 6.47. The Morgan fingerprint density at radius 3 is 2.87 bits per heavy atom. The van der Waals surface area contributed by atoms with Gasteiger partial charge in [0.2, 0.25) is 5.95 Å². The molecule has 0 amide bonds. The van der Waals surface area contributed by atoms with Gasteiger partial charge in [-0.15, -0.1) is 0 Å². The predicted octanol–water partition coefficient (Wildman–Crippen LogP) is 3.70. The average molecular weight is 409 g/mol. The number of benzene rings is 1. The molecule has 1 aliphatic heterocycles. The van der Waals surface area contributed by atoms with E-state index in [1.54, 1.807) is 0 Å². The summed E-state index contributed by atoms with van der Waals surface area (Å²) < 4.78 is 7.60. The molecule has 160 valence electrons. The third-order valence-electron chi connectivity index (χ3n) is 5.77. The van der Waals surface area contributed by atoms with Crippen LogP contribution in [0.5, 0.6) is 5.75 Å². The van der Waals surface area contributed by atoms with Crippen LogP contribution in [0, 0.1) is 6.92 Å². The van der Waals surface area contributed by atoms with Gasteiger partial charge in [-0.2, -0.15) is 5.10 Å². The number of hydrogen-bond acceptors (Lipinski definition) is 6. The Morgan fingerprint density at radius 1 is 1.17 bits per heavy atom. The number of ether oxygens (including phenoxy) is 1. The van der Waals surface area contributed by atoms with Crippen LogP contribution in [0.2, 0.25) is 0 Å². The molecule has 3 aromatic rings. The minimum Gasteiger partial charge on any atom is -0.494 e. The van der Waals surface area contributed by atoms with E-state index in [4.69, 9.17) is 14.7 Å². The molecule has 2 aromatic heterocycles. The fraction of sp³-hybridized carbons (Fsp3) is 0.522. The lowest BCUT2D eigenvalue weighted by Crippen LogP contribution is -2.31. The molecule has 0 aliphatic carbocycles. The standard InChI is InChI=1S/C23H32N6O/c1-4-29-16-18(15-25-29)14-24-19-7-6-11-28(12-10-19)23-26-17(3)21-13-20(30-5-2)8-9-22(21)27-23/h8-9,13,15-16,19,24H,4-7,10-12,14H2,1-3H3. The van der Waals surface area contributed by atoms with Crippen molar-refractivity contribution in [2.24, 2.45) is 0 Å². The van der Waals surface area contributed by atoms with Crippen molar-refractivity contribution < 1.29 is 4.74 Å². The first-order valence-corrected chi connectivity index (χ1v) is 11.1. The SMILES string of the molecule is CCOc1ccc2nc(N3CCCC(NCc4cnn(CC)c4)CC3)nc(C)c2c1. The van der Waals surface area contributed by atoms with Gasteiger partial charge in [-0.05, 0) is 58.2 Å². The molecule has 1 saturated heterocycles. The van der Waals surface area contributed by atoms with Crippen LogP contribution in [0.15, 0.2) is 30.6 Å². The first-order valence-electron chi connectivity index (χ1n) is 11.1. The van der Waals surface area contributed by atoms with Crippen molar-refractivity contribution in [3.05, 3.63) is 41.9 Å². The zero-order valence-corrected chi connectivity index (χ0v) is 18.3. The summed E-state index contributed by atoms with van der Waals surface area (Å²) in [6, 6.07) is 6.58. The number of aromatic nitrogens is 4. The van der Waals surface area contributed by atoms with Crippen molar-refractivity contribution in [3.8, 4) is 5.75 Å². The summed E-state index contributed by atoms with van der Waals surface area (Å²) in [7, 11) is 0. The van der Waals surface area contributed by atoms with Gasteiger partial charge in [0.05, 0.1) is 24.0 Å². The van der Waals surface area contributed by atoms with Crippen molar-refractivity contribution in [3.63, 3.8) is 0 Å². The van der Waals surface area contributed by atoms with Crippen LogP contribution in [0.1, 0.15) is 44.4 Å². The van der Waals surface area contributed by atoms with Crippen LogP contribution in [-0.4, -0.2) is 45.5 Å². The number of fused-ring (bicyclic) bond motifs is 1. The van der Waals surface area contributed by atoms with Crippen LogP contribution >= 0.6 is 0 Å². The van der Waals surface area contributed by atoms with Gasteiger partial charge in [0.1, 0.15) is 5.75 Å². The smallest absolute Gasteiger partial charge is 0.226 e. The van der Waals surface area contributed by atoms with E-state index in [0.717, 1.165) is 67.3 Å². The minimum atomic E-state index is 0.510. The monoisotopic (exact) mass is 408 g/mol. The zero-order valence-electron chi connectivity index (χ0n) is 18.3. The topological polar surface area (TPSA) is 68.1 Å². The second-order valence-corrected chi connectivity index (χ2v) is 7.92. The molecular weight excluding hydrogens is 376 g/mol. The van der Waals surface area contributed by atoms with Crippen LogP contribution < -0.4 is 15.0 Å². The van der Waals surface area contributed by atoms with Crippen molar-refractivity contribution in [1.29, 1.82) is 0 Å². The summed E-state index contributed by atoms with van der Waals surface area (Å²) >= 11 is 0. The highest BCUT2D eigenvalue weighted by atomic mass is 16.5. The largest absolute Gasteiger partial charge is 0.494 e. The molecule has 0 spiro atoms. The van der Waals surface area contributed by atoms with E-state index in [1.807, 2.05) is 36.0 Å². The Bertz CT molecular complexity index is 985. The molecule has 0 bridgehead atoms. The average Bonchev–Trinajstić information content (AvgIpc) is 3.09. The molecular formula is C23H32N6O. The molecule has 1 fully saturated rings. The molecule has 4 rings (SSSR count). The number of hydrogen-bond donors (Lipinski definition) is 1. The maximum Gasteiger partial charge on any atom is 0.226 e. The van der Waals surface area contributed by atoms with E-state index in [9.17, 15) is 0 Å². The Balaban J connectivity index is 1.41. The molecule has 7 heteroatoms. The normalized spacial score (nSPS) is 17.3. The molecule has 3 heterocycles. The fourth-order valence-corrected chi connectivity index (χ4v) is 4.08. The minimum absolute atomic E-state index is 0.510. The third kappa shape index (κ3) is 4.73. The first-order chi connectivity index (χ1) is 14.7. The summed E-state index contributed by atoms with van der Waals surface area (Å²) in [5.41, 5.74) is 3.23. The number of rotatable bonds is 7. The maximum atomic E-state index is 5.63. The second-order valence-electron chi connectivity index (χ2n) is 7.92. The van der Waals surface area contributed by atoms with E-state index >= 15 is 0 Å². The van der Waals surface area contributed by atoms with Gasteiger partial charge in [-0.3, -0.25) is 4.68 Å². The molecule has 1 unspecified atom stereocenters. The fourth-order valence-electron chi connectivity index (χ4n) is 4.08. The highest BCUT2D eigenvalue weighted by molar-refractivity contribution is 5.83. The first kappa shape index (κ1) is 20.6. The summed E-state index contributed by atoms with van der Waals surface area (Å²) in [6.07, 6.45) is 7.48. The molecule has 1 aromatic carbocycles. The highest BCUT2D eigenvalue weighted by Gasteiger charge is 2.19. The van der Waals surface area contributed by atoms with Gasteiger partial charge >= 0.3 is 0 Å². The van der Waals surface area contributed by atoms with Gasteiger partial charge in [0.25, 0.3) is 0 Å². The summed E-state index contributed by atoms with van der Waals surface area (Å²) in [5.74, 6) is 1.71. The van der Waals surface area contributed by atoms with Crippen molar-refractivity contribution in [2.75, 3.05) is 24.6 Å². The lowest BCUT2D eigenvalue weighted by molar-refractivity contribution is 0.340. The van der Waals surface area contributed by atoms with E-state index < -0.39 is 0 Å². The van der Waals surface area contributed by atoms with E-state index in [-0.39, 0.29) is 0 Å². The number of aryl methyl sites for hydroxylation is 2. The lowest BCUT2D eigenvalue weighted by atomic mass is 10.1. The van der Waals surface area contributed by atoms with Gasteiger partial charge in [0.15, 0.2) is 0 Å². The molecule has 7 nitrogen and oxygen atoms in total. The number of anilines is 1. The van der Waals surface area contributed by atoms with Gasteiger partial charge in [-0.1, -0.05) is 0 Å². The predicted molar refractivity (Wildman–Crippen MR) is 120 cm³/mol. The quantitative estimate of drug-likeness (QED) is 0.643. The van der Waals surface area contributed by atoms with Crippen LogP contribution in [0.25, 0.3) is 10.9 Å². The van der Waals surface area contributed by atoms with E-state index in [1.165, 1.54) is 12.0 Å². The number of nitrogens with zero attached hydrogens (tertiary/aromatic N) is 5. The van der Waals surface area contributed by atoms with Crippen molar-refractivity contribution in [2.45, 2.75) is 59.2 Å². The summed E-state index contributed by atoms with van der Waals surface area (Å²) in [5, 5.41) is 9.14. The van der Waals surface area contributed by atoms with E-state index in [0.29, 0.717) is 12.6 Å². The Labute approximate surface area is 178 Å². The van der Waals surface area contributed by atoms with Crippen LogP contribution in [0.4, 0.5) is 5.95 Å². The highest BCUT2D eigenvalue weighted by Crippen LogP contribution is 2.25. The Hall–Kier alpha value is -2.67. The molecule has 30 heavy (non-hydrogen) atoms. The van der Waals surface area contributed by atoms with Crippen LogP contribution in [0.3, 0.4) is 0 Å². The van der Waals surface area contributed by atoms with Crippen LogP contribution in [-0.2, 0) is 13.1 Å². The molecule has 1 atom stereocenters. The van der Waals surface area contributed by atoms with Gasteiger partial charge in [0, 0.05) is 49.4 Å². The molecule has 0 radical (unpaired) electrons. The van der Waals surface area contributed by atoms with Gasteiger partial charge < -0.3 is 15.0 Å². The number of nitrogens with one attached hydrogen (secondary N) is 1. The zero-order chi connectivity index (χ0) is 20.9. The second kappa shape index (κ2) is 9.43. The Morgan fingerprint density at radius 2 is 2.07 bits per heavy atom. The molecule has 1 aliphatic rings.